The highest BCUT2D eigenvalue weighted by Crippen LogP contribution is 2.50. The van der Waals surface area contributed by atoms with E-state index in [0.29, 0.717) is 16.5 Å². The van der Waals surface area contributed by atoms with Crippen LogP contribution in [0.5, 0.6) is 17.2 Å². The van der Waals surface area contributed by atoms with Gasteiger partial charge in [0.25, 0.3) is 0 Å². The zero-order valence-corrected chi connectivity index (χ0v) is 16.0. The van der Waals surface area contributed by atoms with E-state index in [-0.39, 0.29) is 5.75 Å². The predicted octanol–water partition coefficient (Wildman–Crippen LogP) is 6.60. The summed E-state index contributed by atoms with van der Waals surface area (Å²) < 4.78 is 30.1. The van der Waals surface area contributed by atoms with Gasteiger partial charge in [-0.25, -0.2) is 0 Å². The molecule has 0 amide bonds. The Hall–Kier alpha value is -2.42. The van der Waals surface area contributed by atoms with Crippen LogP contribution in [0, 0.1) is 13.8 Å². The molecule has 0 heterocycles. The third-order valence-corrected chi connectivity index (χ3v) is 5.12. The van der Waals surface area contributed by atoms with Crippen molar-refractivity contribution in [3.8, 4) is 17.2 Å². The lowest BCUT2D eigenvalue weighted by Gasteiger charge is -2.20. The first-order valence-electron chi connectivity index (χ1n) is 8.00. The molecule has 0 atom stereocenters. The zero-order chi connectivity index (χ0) is 18.6. The van der Waals surface area contributed by atoms with Gasteiger partial charge in [-0.05, 0) is 50.2 Å². The Kier molecular flexibility index (Phi) is 5.55. The lowest BCUT2D eigenvalue weighted by atomic mass is 10.2. The summed E-state index contributed by atoms with van der Waals surface area (Å²) >= 11 is 6.12. The van der Waals surface area contributed by atoms with Gasteiger partial charge in [-0.3, -0.25) is 0 Å². The molecule has 0 saturated heterocycles. The molecule has 0 unspecified atom stereocenters. The van der Waals surface area contributed by atoms with E-state index in [1.54, 1.807) is 48.5 Å². The average Bonchev–Trinajstić information content (AvgIpc) is 2.61. The van der Waals surface area contributed by atoms with E-state index >= 15 is 0 Å². The molecular weight excluding hydrogens is 371 g/mol. The van der Waals surface area contributed by atoms with Crippen molar-refractivity contribution in [3.63, 3.8) is 0 Å². The maximum absolute atomic E-state index is 13.3. The van der Waals surface area contributed by atoms with Crippen LogP contribution in [0.15, 0.2) is 72.8 Å². The van der Waals surface area contributed by atoms with Crippen LogP contribution in [-0.2, 0) is 4.57 Å². The minimum atomic E-state index is -4.03. The van der Waals surface area contributed by atoms with Gasteiger partial charge < -0.3 is 13.6 Å². The van der Waals surface area contributed by atoms with Crippen LogP contribution < -0.4 is 13.6 Å². The Bertz CT molecular complexity index is 872. The van der Waals surface area contributed by atoms with Gasteiger partial charge in [0, 0.05) is 0 Å². The molecule has 0 radical (unpaired) electrons. The van der Waals surface area contributed by atoms with Crippen LogP contribution in [0.25, 0.3) is 0 Å². The summed E-state index contributed by atoms with van der Waals surface area (Å²) in [5, 5.41) is 0.313. The number of aryl methyl sites for hydroxylation is 2. The second kappa shape index (κ2) is 7.86. The van der Waals surface area contributed by atoms with Crippen molar-refractivity contribution in [3.05, 3.63) is 88.9 Å². The normalized spacial score (nSPS) is 11.0. The summed E-state index contributed by atoms with van der Waals surface area (Å²) in [5.41, 5.74) is 2.11. The molecule has 0 aromatic heterocycles. The molecule has 0 aliphatic heterocycles. The van der Waals surface area contributed by atoms with Crippen LogP contribution >= 0.6 is 19.4 Å². The second-order valence-electron chi connectivity index (χ2n) is 5.78. The largest absolute Gasteiger partial charge is 0.647 e. The van der Waals surface area contributed by atoms with E-state index < -0.39 is 7.82 Å². The summed E-state index contributed by atoms with van der Waals surface area (Å²) in [7, 11) is -4.03. The molecule has 134 valence electrons. The second-order valence-corrected chi connectivity index (χ2v) is 7.63. The fourth-order valence-corrected chi connectivity index (χ4v) is 3.65. The van der Waals surface area contributed by atoms with Gasteiger partial charge in [0.15, 0.2) is 5.75 Å². The maximum atomic E-state index is 13.3. The summed E-state index contributed by atoms with van der Waals surface area (Å²) in [4.78, 5) is 0. The fraction of sp³-hybridized carbons (Fsp3) is 0.100. The van der Waals surface area contributed by atoms with E-state index in [1.165, 1.54) is 0 Å². The van der Waals surface area contributed by atoms with Crippen LogP contribution in [0.2, 0.25) is 5.02 Å². The molecule has 4 nitrogen and oxygen atoms in total. The van der Waals surface area contributed by atoms with Crippen molar-refractivity contribution in [1.82, 2.24) is 0 Å². The smallest absolute Gasteiger partial charge is 0.386 e. The molecule has 0 spiro atoms. The molecule has 26 heavy (non-hydrogen) atoms. The average molecular weight is 389 g/mol. The van der Waals surface area contributed by atoms with E-state index in [9.17, 15) is 4.57 Å². The van der Waals surface area contributed by atoms with Gasteiger partial charge in [0.2, 0.25) is 0 Å². The summed E-state index contributed by atoms with van der Waals surface area (Å²) in [6.07, 6.45) is 0. The lowest BCUT2D eigenvalue weighted by molar-refractivity contribution is 0.298. The van der Waals surface area contributed by atoms with Crippen molar-refractivity contribution < 1.29 is 18.1 Å². The number of phosphoric ester groups is 1. The summed E-state index contributed by atoms with van der Waals surface area (Å²) in [6, 6.07) is 20.9. The highest BCUT2D eigenvalue weighted by atomic mass is 35.5. The number of hydrogen-bond donors (Lipinski definition) is 0. The van der Waals surface area contributed by atoms with E-state index in [4.69, 9.17) is 25.2 Å². The number of halogens is 1. The molecule has 0 fully saturated rings. The third kappa shape index (κ3) is 4.81. The molecule has 0 aliphatic rings. The van der Waals surface area contributed by atoms with Crippen molar-refractivity contribution in [2.75, 3.05) is 0 Å². The van der Waals surface area contributed by atoms with Gasteiger partial charge >= 0.3 is 7.82 Å². The Balaban J connectivity index is 1.91. The topological polar surface area (TPSA) is 44.8 Å². The first-order valence-corrected chi connectivity index (χ1v) is 9.84. The highest BCUT2D eigenvalue weighted by Gasteiger charge is 2.33. The molecule has 0 saturated carbocycles. The van der Waals surface area contributed by atoms with Crippen molar-refractivity contribution >= 4 is 19.4 Å². The standard InChI is InChI=1S/C20H18ClO4P/c1-15-7-11-17(12-8-15)23-26(22,24-18-13-9-16(2)10-14-18)25-20-6-4-3-5-19(20)21/h3-14H,1-2H3. The molecule has 3 aromatic carbocycles. The molecule has 0 aliphatic carbocycles. The number of benzene rings is 3. The maximum Gasteiger partial charge on any atom is 0.647 e. The number of rotatable bonds is 6. The minimum absolute atomic E-state index is 0.219. The van der Waals surface area contributed by atoms with Gasteiger partial charge in [-0.1, -0.05) is 59.1 Å². The number of phosphoric acid groups is 1. The first-order chi connectivity index (χ1) is 12.4. The van der Waals surface area contributed by atoms with E-state index in [1.807, 2.05) is 38.1 Å². The minimum Gasteiger partial charge on any atom is -0.386 e. The van der Waals surface area contributed by atoms with E-state index in [0.717, 1.165) is 11.1 Å². The zero-order valence-electron chi connectivity index (χ0n) is 14.4. The molecule has 0 N–H and O–H groups in total. The van der Waals surface area contributed by atoms with Crippen LogP contribution in [0.3, 0.4) is 0 Å². The van der Waals surface area contributed by atoms with Crippen molar-refractivity contribution in [2.24, 2.45) is 0 Å². The Morgan fingerprint density at radius 1 is 0.692 bits per heavy atom. The lowest BCUT2D eigenvalue weighted by Crippen LogP contribution is -2.07. The van der Waals surface area contributed by atoms with Crippen molar-refractivity contribution in [2.45, 2.75) is 13.8 Å². The van der Waals surface area contributed by atoms with E-state index in [2.05, 4.69) is 0 Å². The Morgan fingerprint density at radius 3 is 1.62 bits per heavy atom. The van der Waals surface area contributed by atoms with Crippen LogP contribution in [-0.4, -0.2) is 0 Å². The predicted molar refractivity (Wildman–Crippen MR) is 103 cm³/mol. The fourth-order valence-electron chi connectivity index (χ4n) is 2.15. The molecule has 3 rings (SSSR count). The molecular formula is C20H18ClO4P. The summed E-state index contributed by atoms with van der Waals surface area (Å²) in [6.45, 7) is 3.90. The Labute approximate surface area is 157 Å². The van der Waals surface area contributed by atoms with Gasteiger partial charge in [0.1, 0.15) is 11.5 Å². The molecule has 3 aromatic rings. The highest BCUT2D eigenvalue weighted by molar-refractivity contribution is 7.49. The van der Waals surface area contributed by atoms with Crippen LogP contribution in [0.4, 0.5) is 0 Å². The molecule has 0 bridgehead atoms. The SMILES string of the molecule is Cc1ccc(OP(=O)(Oc2ccc(C)cc2)Oc2ccccc2Cl)cc1. The van der Waals surface area contributed by atoms with Gasteiger partial charge in [-0.2, -0.15) is 4.57 Å². The molecule has 6 heteroatoms. The number of hydrogen-bond acceptors (Lipinski definition) is 4. The van der Waals surface area contributed by atoms with Crippen LogP contribution in [0.1, 0.15) is 11.1 Å². The Morgan fingerprint density at radius 2 is 1.15 bits per heavy atom. The first kappa shape index (κ1) is 18.4. The quantitative estimate of drug-likeness (QED) is 0.446. The summed E-state index contributed by atoms with van der Waals surface area (Å²) in [5.74, 6) is 0.966. The van der Waals surface area contributed by atoms with Gasteiger partial charge in [-0.15, -0.1) is 0 Å². The van der Waals surface area contributed by atoms with Gasteiger partial charge in [0.05, 0.1) is 5.02 Å². The third-order valence-electron chi connectivity index (χ3n) is 3.52. The monoisotopic (exact) mass is 388 g/mol. The number of para-hydroxylation sites is 1. The van der Waals surface area contributed by atoms with Crippen molar-refractivity contribution in [1.29, 1.82) is 0 Å².